The summed E-state index contributed by atoms with van der Waals surface area (Å²) in [6.45, 7) is 13.3. The van der Waals surface area contributed by atoms with Gasteiger partial charge in [-0.25, -0.2) is 0 Å². The van der Waals surface area contributed by atoms with Crippen LogP contribution in [0.2, 0.25) is 10.0 Å². The Bertz CT molecular complexity index is 1030. The number of nitrogens with zero attached hydrogens (tertiary/aromatic N) is 3. The van der Waals surface area contributed by atoms with Gasteiger partial charge < -0.3 is 14.9 Å². The number of piperazine rings is 1. The summed E-state index contributed by atoms with van der Waals surface area (Å²) in [6, 6.07) is 13.5. The molecule has 3 rings (SSSR count). The predicted octanol–water partition coefficient (Wildman–Crippen LogP) is 7.24. The van der Waals surface area contributed by atoms with Gasteiger partial charge in [-0.3, -0.25) is 9.69 Å². The molecule has 1 heterocycles. The number of para-hydroxylation sites is 1. The number of anilines is 1. The Morgan fingerprint density at radius 1 is 0.974 bits per heavy atom. The van der Waals surface area contributed by atoms with Crippen molar-refractivity contribution in [2.24, 2.45) is 5.92 Å². The van der Waals surface area contributed by atoms with Crippen LogP contribution in [0.5, 0.6) is 0 Å². The van der Waals surface area contributed by atoms with Crippen molar-refractivity contribution in [3.05, 3.63) is 63.6 Å². The normalized spacial score (nSPS) is 15.7. The highest BCUT2D eigenvalue weighted by Gasteiger charge is 2.32. The van der Waals surface area contributed by atoms with Gasteiger partial charge in [0.1, 0.15) is 0 Å². The summed E-state index contributed by atoms with van der Waals surface area (Å²) in [5, 5.41) is 12.1. The molecule has 0 aromatic heterocycles. The van der Waals surface area contributed by atoms with E-state index in [1.165, 1.54) is 0 Å². The maximum atomic E-state index is 14.1. The molecule has 0 radical (unpaired) electrons. The van der Waals surface area contributed by atoms with E-state index in [9.17, 15) is 9.90 Å². The van der Waals surface area contributed by atoms with E-state index in [0.29, 0.717) is 35.5 Å². The van der Waals surface area contributed by atoms with Crippen molar-refractivity contribution in [3.63, 3.8) is 0 Å². The van der Waals surface area contributed by atoms with Crippen LogP contribution in [-0.4, -0.2) is 66.1 Å². The smallest absolute Gasteiger partial charge is 0.240 e. The van der Waals surface area contributed by atoms with Crippen LogP contribution in [0.3, 0.4) is 0 Å². The Morgan fingerprint density at radius 3 is 2.21 bits per heavy atom. The van der Waals surface area contributed by atoms with Gasteiger partial charge in [-0.2, -0.15) is 0 Å². The lowest BCUT2D eigenvalue weighted by atomic mass is 9.97. The lowest BCUT2D eigenvalue weighted by molar-refractivity contribution is -0.137. The molecule has 1 N–H and O–H groups in total. The highest BCUT2D eigenvalue weighted by molar-refractivity contribution is 6.35. The predicted molar refractivity (Wildman–Crippen MR) is 165 cm³/mol. The standard InChI is InChI=1S/C32H47Cl2N3O2/c1-5-7-15-35(16-8-6-2)30(22-25-13-14-26(33)23-28(25)34)32(39)37-19-17-36(18-20-37)29-12-10-9-11-27(29)31(38)21-24(3)4/h9-14,23-24,30-31,38H,5-8,15-22H2,1-4H3/t30-,31?/m1/s1. The van der Waals surface area contributed by atoms with Gasteiger partial charge in [-0.15, -0.1) is 0 Å². The second-order valence-corrected chi connectivity index (χ2v) is 12.1. The van der Waals surface area contributed by atoms with Gasteiger partial charge in [0.05, 0.1) is 12.1 Å². The van der Waals surface area contributed by atoms with E-state index in [-0.39, 0.29) is 11.9 Å². The number of aliphatic hydroxyl groups excluding tert-OH is 1. The van der Waals surface area contributed by atoms with Crippen LogP contribution in [0.1, 0.15) is 77.0 Å². The highest BCUT2D eigenvalue weighted by Crippen LogP contribution is 2.31. The number of hydrogen-bond acceptors (Lipinski definition) is 4. The minimum absolute atomic E-state index is 0.181. The van der Waals surface area contributed by atoms with E-state index in [1.54, 1.807) is 6.07 Å². The molecule has 0 saturated carbocycles. The van der Waals surface area contributed by atoms with Gasteiger partial charge in [0.25, 0.3) is 0 Å². The Morgan fingerprint density at radius 2 is 1.62 bits per heavy atom. The number of amides is 1. The molecule has 0 bridgehead atoms. The minimum atomic E-state index is -0.486. The van der Waals surface area contributed by atoms with Crippen LogP contribution >= 0.6 is 23.2 Å². The van der Waals surface area contributed by atoms with Crippen molar-refractivity contribution >= 4 is 34.8 Å². The zero-order chi connectivity index (χ0) is 28.4. The molecule has 7 heteroatoms. The average molecular weight is 577 g/mol. The second-order valence-electron chi connectivity index (χ2n) is 11.2. The summed E-state index contributed by atoms with van der Waals surface area (Å²) in [5.41, 5.74) is 3.02. The van der Waals surface area contributed by atoms with Crippen molar-refractivity contribution in [2.75, 3.05) is 44.2 Å². The minimum Gasteiger partial charge on any atom is -0.388 e. The average Bonchev–Trinajstić information content (AvgIpc) is 2.92. The SMILES string of the molecule is CCCCN(CCCC)[C@H](Cc1ccc(Cl)cc1Cl)C(=O)N1CCN(c2ccccc2C(O)CC(C)C)CC1. The lowest BCUT2D eigenvalue weighted by Crippen LogP contribution is -2.56. The number of benzene rings is 2. The fraction of sp³-hybridized carbons (Fsp3) is 0.594. The summed E-state index contributed by atoms with van der Waals surface area (Å²) >= 11 is 12.7. The molecule has 1 aliphatic rings. The van der Waals surface area contributed by atoms with Gasteiger partial charge >= 0.3 is 0 Å². The molecule has 2 atom stereocenters. The molecule has 2 aromatic rings. The molecular formula is C32H47Cl2N3O2. The van der Waals surface area contributed by atoms with Crippen molar-refractivity contribution in [1.29, 1.82) is 0 Å². The third-order valence-corrected chi connectivity index (χ3v) is 8.26. The molecule has 1 fully saturated rings. The molecule has 1 unspecified atom stereocenters. The topological polar surface area (TPSA) is 47.0 Å². The molecule has 0 aliphatic carbocycles. The maximum Gasteiger partial charge on any atom is 0.240 e. The third-order valence-electron chi connectivity index (χ3n) is 7.67. The van der Waals surface area contributed by atoms with Gasteiger partial charge in [0, 0.05) is 47.5 Å². The summed E-state index contributed by atoms with van der Waals surface area (Å²) in [5.74, 6) is 0.595. The number of hydrogen-bond donors (Lipinski definition) is 1. The van der Waals surface area contributed by atoms with Crippen molar-refractivity contribution < 1.29 is 9.90 Å². The Hall–Kier alpha value is -1.79. The number of carbonyl (C=O) groups is 1. The first-order valence-electron chi connectivity index (χ1n) is 14.7. The Labute approximate surface area is 246 Å². The van der Waals surface area contributed by atoms with Gasteiger partial charge in [0.2, 0.25) is 5.91 Å². The molecule has 39 heavy (non-hydrogen) atoms. The van der Waals surface area contributed by atoms with Crippen LogP contribution in [0, 0.1) is 5.92 Å². The molecule has 2 aromatic carbocycles. The van der Waals surface area contributed by atoms with E-state index in [4.69, 9.17) is 23.2 Å². The molecule has 1 saturated heterocycles. The van der Waals surface area contributed by atoms with Crippen molar-refractivity contribution in [3.8, 4) is 0 Å². The molecule has 0 spiro atoms. The zero-order valence-electron chi connectivity index (χ0n) is 24.2. The van der Waals surface area contributed by atoms with Crippen LogP contribution in [0.25, 0.3) is 0 Å². The summed E-state index contributed by atoms with van der Waals surface area (Å²) < 4.78 is 0. The molecule has 1 amide bonds. The number of aliphatic hydroxyl groups is 1. The fourth-order valence-electron chi connectivity index (χ4n) is 5.42. The van der Waals surface area contributed by atoms with Gasteiger partial charge in [-0.1, -0.05) is 88.0 Å². The van der Waals surface area contributed by atoms with E-state index in [0.717, 1.165) is 75.1 Å². The van der Waals surface area contributed by atoms with Crippen LogP contribution in [-0.2, 0) is 11.2 Å². The van der Waals surface area contributed by atoms with E-state index < -0.39 is 6.10 Å². The Balaban J connectivity index is 1.78. The molecular weight excluding hydrogens is 529 g/mol. The van der Waals surface area contributed by atoms with Crippen LogP contribution in [0.15, 0.2) is 42.5 Å². The quantitative estimate of drug-likeness (QED) is 0.258. The summed E-state index contributed by atoms with van der Waals surface area (Å²) in [6.07, 6.45) is 5.12. The molecule has 5 nitrogen and oxygen atoms in total. The monoisotopic (exact) mass is 575 g/mol. The molecule has 1 aliphatic heterocycles. The molecule has 216 valence electrons. The van der Waals surface area contributed by atoms with E-state index in [2.05, 4.69) is 43.6 Å². The first kappa shape index (κ1) is 31.7. The van der Waals surface area contributed by atoms with E-state index in [1.807, 2.05) is 35.2 Å². The maximum absolute atomic E-state index is 14.1. The fourth-order valence-corrected chi connectivity index (χ4v) is 5.91. The lowest BCUT2D eigenvalue weighted by Gasteiger charge is -2.41. The van der Waals surface area contributed by atoms with Gasteiger partial charge in [-0.05, 0) is 68.5 Å². The van der Waals surface area contributed by atoms with Crippen molar-refractivity contribution in [2.45, 2.75) is 78.4 Å². The van der Waals surface area contributed by atoms with Crippen molar-refractivity contribution in [1.82, 2.24) is 9.80 Å². The highest BCUT2D eigenvalue weighted by atomic mass is 35.5. The number of unbranched alkanes of at least 4 members (excludes halogenated alkanes) is 2. The largest absolute Gasteiger partial charge is 0.388 e. The van der Waals surface area contributed by atoms with Crippen LogP contribution in [0.4, 0.5) is 5.69 Å². The second kappa shape index (κ2) is 15.9. The Kier molecular flexibility index (Phi) is 12.9. The van der Waals surface area contributed by atoms with E-state index >= 15 is 0 Å². The summed E-state index contributed by atoms with van der Waals surface area (Å²) in [7, 11) is 0. The first-order valence-corrected chi connectivity index (χ1v) is 15.5. The number of halogens is 2. The van der Waals surface area contributed by atoms with Gasteiger partial charge in [0.15, 0.2) is 0 Å². The number of carbonyl (C=O) groups excluding carboxylic acids is 1. The third kappa shape index (κ3) is 9.11. The first-order chi connectivity index (χ1) is 18.7. The summed E-state index contributed by atoms with van der Waals surface area (Å²) in [4.78, 5) is 20.9. The van der Waals surface area contributed by atoms with Crippen LogP contribution < -0.4 is 4.90 Å². The zero-order valence-corrected chi connectivity index (χ0v) is 25.7. The number of rotatable bonds is 14.